The molecule has 0 saturated heterocycles. The van der Waals surface area contributed by atoms with Crippen LogP contribution in [0.3, 0.4) is 0 Å². The standard InChI is InChI=1S/C16H19NO4/c1-3-15(16(18)17-11-14-5-4-10-20-14)21-13-8-6-12(19-2)7-9-13/h4-10,15H,3,11H2,1-2H3,(H,17,18). The molecule has 0 spiro atoms. The Balaban J connectivity index is 1.90. The Hall–Kier alpha value is -2.43. The fourth-order valence-corrected chi connectivity index (χ4v) is 1.84. The molecule has 112 valence electrons. The molecule has 0 fully saturated rings. The summed E-state index contributed by atoms with van der Waals surface area (Å²) in [7, 11) is 1.60. The summed E-state index contributed by atoms with van der Waals surface area (Å²) < 4.78 is 16.0. The van der Waals surface area contributed by atoms with Crippen LogP contribution in [0.25, 0.3) is 0 Å². The highest BCUT2D eigenvalue weighted by molar-refractivity contribution is 5.81. The second-order valence-corrected chi connectivity index (χ2v) is 4.49. The molecule has 1 amide bonds. The Kier molecular flexibility index (Phi) is 5.26. The van der Waals surface area contributed by atoms with Gasteiger partial charge < -0.3 is 19.2 Å². The van der Waals surface area contributed by atoms with Crippen LogP contribution in [0.4, 0.5) is 0 Å². The van der Waals surface area contributed by atoms with Crippen molar-refractivity contribution in [3.63, 3.8) is 0 Å². The molecule has 0 radical (unpaired) electrons. The Bertz CT molecular complexity index is 548. The Labute approximate surface area is 123 Å². The molecule has 5 heteroatoms. The number of amides is 1. The van der Waals surface area contributed by atoms with Gasteiger partial charge in [0.2, 0.25) is 0 Å². The molecule has 0 bridgehead atoms. The van der Waals surface area contributed by atoms with E-state index in [0.717, 1.165) is 5.75 Å². The molecule has 0 aliphatic rings. The van der Waals surface area contributed by atoms with Gasteiger partial charge in [-0.25, -0.2) is 0 Å². The molecule has 5 nitrogen and oxygen atoms in total. The van der Waals surface area contributed by atoms with Crippen molar-refractivity contribution in [3.8, 4) is 11.5 Å². The Morgan fingerprint density at radius 2 is 1.95 bits per heavy atom. The second kappa shape index (κ2) is 7.38. The molecule has 2 aromatic rings. The van der Waals surface area contributed by atoms with E-state index in [1.54, 1.807) is 43.7 Å². The number of hydrogen-bond donors (Lipinski definition) is 1. The summed E-state index contributed by atoms with van der Waals surface area (Å²) in [5, 5.41) is 2.80. The van der Waals surface area contributed by atoms with Crippen LogP contribution in [0.15, 0.2) is 47.1 Å². The van der Waals surface area contributed by atoms with Crippen molar-refractivity contribution in [1.29, 1.82) is 0 Å². The summed E-state index contributed by atoms with van der Waals surface area (Å²) >= 11 is 0. The highest BCUT2D eigenvalue weighted by Gasteiger charge is 2.18. The van der Waals surface area contributed by atoms with Gasteiger partial charge in [-0.2, -0.15) is 0 Å². The quantitative estimate of drug-likeness (QED) is 0.851. The predicted molar refractivity (Wildman–Crippen MR) is 78.3 cm³/mol. The zero-order valence-electron chi connectivity index (χ0n) is 12.2. The minimum absolute atomic E-state index is 0.162. The van der Waals surface area contributed by atoms with E-state index in [9.17, 15) is 4.79 Å². The molecule has 1 heterocycles. The van der Waals surface area contributed by atoms with Crippen molar-refractivity contribution in [2.75, 3.05) is 7.11 Å². The lowest BCUT2D eigenvalue weighted by Gasteiger charge is -2.17. The first-order valence-corrected chi connectivity index (χ1v) is 6.83. The zero-order valence-corrected chi connectivity index (χ0v) is 12.2. The van der Waals surface area contributed by atoms with Gasteiger partial charge in [-0.3, -0.25) is 4.79 Å². The van der Waals surface area contributed by atoms with Crippen LogP contribution >= 0.6 is 0 Å². The maximum atomic E-state index is 12.1. The van der Waals surface area contributed by atoms with Crippen LogP contribution in [-0.2, 0) is 11.3 Å². The number of rotatable bonds is 7. The van der Waals surface area contributed by atoms with Crippen LogP contribution < -0.4 is 14.8 Å². The largest absolute Gasteiger partial charge is 0.497 e. The van der Waals surface area contributed by atoms with Gasteiger partial charge in [0, 0.05) is 0 Å². The molecule has 1 aromatic carbocycles. The van der Waals surface area contributed by atoms with Crippen LogP contribution in [0.2, 0.25) is 0 Å². The van der Waals surface area contributed by atoms with E-state index in [-0.39, 0.29) is 5.91 Å². The molecule has 21 heavy (non-hydrogen) atoms. The average molecular weight is 289 g/mol. The van der Waals surface area contributed by atoms with Gasteiger partial charge in [0.25, 0.3) is 5.91 Å². The van der Waals surface area contributed by atoms with Crippen molar-refractivity contribution >= 4 is 5.91 Å². The molecule has 1 unspecified atom stereocenters. The number of carbonyl (C=O) groups excluding carboxylic acids is 1. The first-order valence-electron chi connectivity index (χ1n) is 6.83. The summed E-state index contributed by atoms with van der Waals surface area (Å²) in [5.74, 6) is 1.93. The number of carbonyl (C=O) groups is 1. The SMILES string of the molecule is CCC(Oc1ccc(OC)cc1)C(=O)NCc1ccco1. The van der Waals surface area contributed by atoms with Crippen molar-refractivity contribution in [2.24, 2.45) is 0 Å². The minimum Gasteiger partial charge on any atom is -0.497 e. The number of benzene rings is 1. The van der Waals surface area contributed by atoms with Crippen LogP contribution in [-0.4, -0.2) is 19.1 Å². The van der Waals surface area contributed by atoms with Gasteiger partial charge >= 0.3 is 0 Å². The average Bonchev–Trinajstić information content (AvgIpc) is 3.04. The van der Waals surface area contributed by atoms with Crippen LogP contribution in [0, 0.1) is 0 Å². The van der Waals surface area contributed by atoms with Gasteiger partial charge in [-0.05, 0) is 42.8 Å². The molecular formula is C16H19NO4. The van der Waals surface area contributed by atoms with E-state index >= 15 is 0 Å². The normalized spacial score (nSPS) is 11.7. The first kappa shape index (κ1) is 15.0. The molecule has 0 aliphatic carbocycles. The van der Waals surface area contributed by atoms with E-state index in [4.69, 9.17) is 13.9 Å². The topological polar surface area (TPSA) is 60.7 Å². The third kappa shape index (κ3) is 4.27. The third-order valence-electron chi connectivity index (χ3n) is 3.02. The van der Waals surface area contributed by atoms with Crippen LogP contribution in [0.5, 0.6) is 11.5 Å². The molecule has 1 aromatic heterocycles. The summed E-state index contributed by atoms with van der Waals surface area (Å²) in [4.78, 5) is 12.1. The smallest absolute Gasteiger partial charge is 0.261 e. The molecule has 0 saturated carbocycles. The van der Waals surface area contributed by atoms with Crippen molar-refractivity contribution in [1.82, 2.24) is 5.32 Å². The first-order chi connectivity index (χ1) is 10.2. The molecule has 1 atom stereocenters. The van der Waals surface area contributed by atoms with Crippen LogP contribution in [0.1, 0.15) is 19.1 Å². The monoisotopic (exact) mass is 289 g/mol. The molecule has 1 N–H and O–H groups in total. The number of ether oxygens (including phenoxy) is 2. The number of nitrogens with one attached hydrogen (secondary N) is 1. The highest BCUT2D eigenvalue weighted by atomic mass is 16.5. The maximum Gasteiger partial charge on any atom is 0.261 e. The van der Waals surface area contributed by atoms with Gasteiger partial charge in [-0.1, -0.05) is 6.92 Å². The van der Waals surface area contributed by atoms with Gasteiger partial charge in [0.15, 0.2) is 6.10 Å². The van der Waals surface area contributed by atoms with Gasteiger partial charge in [0.05, 0.1) is 19.9 Å². The molecule has 0 aliphatic heterocycles. The maximum absolute atomic E-state index is 12.1. The minimum atomic E-state index is -0.534. The summed E-state index contributed by atoms with van der Waals surface area (Å²) in [6.45, 7) is 2.26. The predicted octanol–water partition coefficient (Wildman–Crippen LogP) is 2.76. The van der Waals surface area contributed by atoms with E-state index in [0.29, 0.717) is 24.5 Å². The van der Waals surface area contributed by atoms with E-state index in [2.05, 4.69) is 5.32 Å². The number of hydrogen-bond acceptors (Lipinski definition) is 4. The lowest BCUT2D eigenvalue weighted by Crippen LogP contribution is -2.37. The van der Waals surface area contributed by atoms with E-state index < -0.39 is 6.10 Å². The summed E-state index contributed by atoms with van der Waals surface area (Å²) in [6.07, 6.45) is 1.62. The third-order valence-corrected chi connectivity index (χ3v) is 3.02. The van der Waals surface area contributed by atoms with Crippen molar-refractivity contribution in [3.05, 3.63) is 48.4 Å². The van der Waals surface area contributed by atoms with Crippen molar-refractivity contribution < 1.29 is 18.7 Å². The molecule has 2 rings (SSSR count). The zero-order chi connectivity index (χ0) is 15.1. The Morgan fingerprint density at radius 1 is 1.24 bits per heavy atom. The number of furan rings is 1. The van der Waals surface area contributed by atoms with Crippen molar-refractivity contribution in [2.45, 2.75) is 26.0 Å². The fourth-order valence-electron chi connectivity index (χ4n) is 1.84. The fraction of sp³-hybridized carbons (Fsp3) is 0.312. The Morgan fingerprint density at radius 3 is 2.52 bits per heavy atom. The molecular weight excluding hydrogens is 270 g/mol. The lowest BCUT2D eigenvalue weighted by atomic mass is 10.2. The lowest BCUT2D eigenvalue weighted by molar-refractivity contribution is -0.128. The van der Waals surface area contributed by atoms with E-state index in [1.165, 1.54) is 0 Å². The van der Waals surface area contributed by atoms with Gasteiger partial charge in [0.1, 0.15) is 17.3 Å². The highest BCUT2D eigenvalue weighted by Crippen LogP contribution is 2.19. The van der Waals surface area contributed by atoms with Gasteiger partial charge in [-0.15, -0.1) is 0 Å². The number of methoxy groups -OCH3 is 1. The second-order valence-electron chi connectivity index (χ2n) is 4.49. The summed E-state index contributed by atoms with van der Waals surface area (Å²) in [6, 6.07) is 10.7. The van der Waals surface area contributed by atoms with E-state index in [1.807, 2.05) is 13.0 Å². The summed E-state index contributed by atoms with van der Waals surface area (Å²) in [5.41, 5.74) is 0.